The van der Waals surface area contributed by atoms with Gasteiger partial charge in [0.2, 0.25) is 0 Å². The minimum atomic E-state index is -0.820. The van der Waals surface area contributed by atoms with Crippen LogP contribution in [-0.2, 0) is 4.79 Å². The maximum absolute atomic E-state index is 11.7. The Balaban J connectivity index is 2.09. The van der Waals surface area contributed by atoms with Crippen LogP contribution in [-0.4, -0.2) is 28.6 Å². The lowest BCUT2D eigenvalue weighted by atomic mass is 9.95. The molecule has 0 spiro atoms. The number of hydrogen-bond donors (Lipinski definition) is 1. The van der Waals surface area contributed by atoms with Gasteiger partial charge in [-0.25, -0.2) is 0 Å². The molecule has 0 saturated carbocycles. The standard InChI is InChI=1S/C17H17Cl2NO3/c18-12-6-3-5-11(15(12)19)16(14-8-4-10-23-14)20-9-2-1-7-13(20)17(21)22/h3-6,8,10,13,16H,1-2,7,9H2,(H,21,22). The van der Waals surface area contributed by atoms with Crippen LogP contribution in [0.15, 0.2) is 41.0 Å². The number of hydrogen-bond acceptors (Lipinski definition) is 3. The quantitative estimate of drug-likeness (QED) is 0.871. The molecule has 1 aromatic heterocycles. The van der Waals surface area contributed by atoms with E-state index in [-0.39, 0.29) is 6.04 Å². The maximum Gasteiger partial charge on any atom is 0.320 e. The van der Waals surface area contributed by atoms with Gasteiger partial charge in [0.1, 0.15) is 11.8 Å². The minimum absolute atomic E-state index is 0.363. The Kier molecular flexibility index (Phi) is 4.95. The number of aliphatic carboxylic acids is 1. The van der Waals surface area contributed by atoms with Gasteiger partial charge in [-0.2, -0.15) is 0 Å². The van der Waals surface area contributed by atoms with E-state index in [1.54, 1.807) is 18.4 Å². The molecule has 0 aliphatic carbocycles. The molecule has 1 aliphatic heterocycles. The Hall–Kier alpha value is -1.49. The van der Waals surface area contributed by atoms with E-state index < -0.39 is 12.0 Å². The third-order valence-corrected chi connectivity index (χ3v) is 5.08. The number of piperidine rings is 1. The SMILES string of the molecule is O=C(O)C1CCCCN1C(c1ccco1)c1cccc(Cl)c1Cl. The molecule has 1 saturated heterocycles. The van der Waals surface area contributed by atoms with Crippen molar-refractivity contribution in [2.45, 2.75) is 31.3 Å². The van der Waals surface area contributed by atoms with Crippen molar-refractivity contribution in [3.8, 4) is 0 Å². The lowest BCUT2D eigenvalue weighted by molar-refractivity contribution is -0.145. The molecule has 2 heterocycles. The lowest BCUT2D eigenvalue weighted by Gasteiger charge is -2.38. The molecule has 1 N–H and O–H groups in total. The van der Waals surface area contributed by atoms with Crippen molar-refractivity contribution in [3.63, 3.8) is 0 Å². The van der Waals surface area contributed by atoms with Gasteiger partial charge < -0.3 is 9.52 Å². The third-order valence-electron chi connectivity index (χ3n) is 4.25. The van der Waals surface area contributed by atoms with Crippen LogP contribution in [0.2, 0.25) is 10.0 Å². The molecular weight excluding hydrogens is 337 g/mol. The summed E-state index contributed by atoms with van der Waals surface area (Å²) in [5, 5.41) is 10.5. The second-order valence-corrected chi connectivity index (χ2v) is 6.43. The van der Waals surface area contributed by atoms with Crippen LogP contribution in [0.1, 0.15) is 36.6 Å². The van der Waals surface area contributed by atoms with Crippen molar-refractivity contribution in [2.75, 3.05) is 6.54 Å². The van der Waals surface area contributed by atoms with E-state index in [0.29, 0.717) is 28.8 Å². The first kappa shape index (κ1) is 16.4. The van der Waals surface area contributed by atoms with E-state index in [2.05, 4.69) is 0 Å². The molecule has 4 nitrogen and oxygen atoms in total. The number of halogens is 2. The summed E-state index contributed by atoms with van der Waals surface area (Å²) < 4.78 is 5.59. The zero-order chi connectivity index (χ0) is 16.4. The van der Waals surface area contributed by atoms with Gasteiger partial charge in [-0.05, 0) is 36.6 Å². The molecule has 122 valence electrons. The Morgan fingerprint density at radius 3 is 2.78 bits per heavy atom. The molecule has 0 radical (unpaired) electrons. The Morgan fingerprint density at radius 1 is 1.26 bits per heavy atom. The van der Waals surface area contributed by atoms with E-state index in [1.165, 1.54) is 0 Å². The largest absolute Gasteiger partial charge is 0.480 e. The molecule has 0 bridgehead atoms. The summed E-state index contributed by atoms with van der Waals surface area (Å²) in [7, 11) is 0. The second kappa shape index (κ2) is 6.95. The van der Waals surface area contributed by atoms with Gasteiger partial charge in [-0.1, -0.05) is 41.8 Å². The number of carboxylic acids is 1. The molecule has 2 aromatic rings. The fourth-order valence-electron chi connectivity index (χ4n) is 3.20. The Bertz CT molecular complexity index is 687. The monoisotopic (exact) mass is 353 g/mol. The van der Waals surface area contributed by atoms with Crippen LogP contribution in [0, 0.1) is 0 Å². The van der Waals surface area contributed by atoms with E-state index in [9.17, 15) is 9.90 Å². The van der Waals surface area contributed by atoms with Crippen LogP contribution in [0.5, 0.6) is 0 Å². The molecular formula is C17H17Cl2NO3. The predicted octanol–water partition coefficient (Wildman–Crippen LogP) is 4.61. The fraction of sp³-hybridized carbons (Fsp3) is 0.353. The Labute approximate surface area is 144 Å². The van der Waals surface area contributed by atoms with E-state index >= 15 is 0 Å². The van der Waals surface area contributed by atoms with E-state index in [1.807, 2.05) is 23.1 Å². The van der Waals surface area contributed by atoms with Crippen LogP contribution in [0.4, 0.5) is 0 Å². The lowest BCUT2D eigenvalue weighted by Crippen LogP contribution is -2.46. The van der Waals surface area contributed by atoms with Gasteiger partial charge in [0.05, 0.1) is 22.4 Å². The summed E-state index contributed by atoms with van der Waals surface area (Å²) in [6.07, 6.45) is 4.05. The summed E-state index contributed by atoms with van der Waals surface area (Å²) in [5.41, 5.74) is 0.766. The maximum atomic E-state index is 11.7. The molecule has 0 amide bonds. The zero-order valence-electron chi connectivity index (χ0n) is 12.4. The molecule has 3 rings (SSSR count). The van der Waals surface area contributed by atoms with Crippen molar-refractivity contribution in [1.82, 2.24) is 4.90 Å². The smallest absolute Gasteiger partial charge is 0.320 e. The number of benzene rings is 1. The zero-order valence-corrected chi connectivity index (χ0v) is 13.9. The molecule has 1 aromatic carbocycles. The highest BCUT2D eigenvalue weighted by Crippen LogP contribution is 2.39. The summed E-state index contributed by atoms with van der Waals surface area (Å²) >= 11 is 12.6. The van der Waals surface area contributed by atoms with Gasteiger partial charge >= 0.3 is 5.97 Å². The second-order valence-electron chi connectivity index (χ2n) is 5.65. The van der Waals surface area contributed by atoms with Gasteiger partial charge in [0.15, 0.2) is 0 Å². The summed E-state index contributed by atoms with van der Waals surface area (Å²) in [6, 6.07) is 8.12. The van der Waals surface area contributed by atoms with Crippen molar-refractivity contribution in [3.05, 3.63) is 58.0 Å². The number of carboxylic acid groups (broad SMARTS) is 1. The van der Waals surface area contributed by atoms with E-state index in [0.717, 1.165) is 18.4 Å². The van der Waals surface area contributed by atoms with E-state index in [4.69, 9.17) is 27.6 Å². The molecule has 23 heavy (non-hydrogen) atoms. The van der Waals surface area contributed by atoms with Crippen molar-refractivity contribution < 1.29 is 14.3 Å². The minimum Gasteiger partial charge on any atom is -0.480 e. The van der Waals surface area contributed by atoms with Crippen molar-refractivity contribution >= 4 is 29.2 Å². The highest BCUT2D eigenvalue weighted by Gasteiger charge is 2.37. The van der Waals surface area contributed by atoms with Crippen molar-refractivity contribution in [2.24, 2.45) is 0 Å². The first-order chi connectivity index (χ1) is 11.1. The number of rotatable bonds is 4. The Morgan fingerprint density at radius 2 is 2.09 bits per heavy atom. The summed E-state index contributed by atoms with van der Waals surface area (Å²) in [6.45, 7) is 0.672. The van der Waals surface area contributed by atoms with Gasteiger partial charge in [-0.15, -0.1) is 0 Å². The highest BCUT2D eigenvalue weighted by atomic mass is 35.5. The van der Waals surface area contributed by atoms with Crippen molar-refractivity contribution in [1.29, 1.82) is 0 Å². The van der Waals surface area contributed by atoms with Gasteiger partial charge in [0, 0.05) is 6.54 Å². The first-order valence-corrected chi connectivity index (χ1v) is 8.31. The van der Waals surface area contributed by atoms with Crippen LogP contribution in [0.25, 0.3) is 0 Å². The fourth-order valence-corrected chi connectivity index (χ4v) is 3.61. The predicted molar refractivity (Wildman–Crippen MR) is 89.0 cm³/mol. The normalized spacial score (nSPS) is 20.3. The number of carbonyl (C=O) groups is 1. The van der Waals surface area contributed by atoms with Crippen LogP contribution in [0.3, 0.4) is 0 Å². The average molecular weight is 354 g/mol. The number of nitrogens with zero attached hydrogens (tertiary/aromatic N) is 1. The molecule has 6 heteroatoms. The molecule has 2 atom stereocenters. The first-order valence-electron chi connectivity index (χ1n) is 7.55. The van der Waals surface area contributed by atoms with Crippen LogP contribution >= 0.6 is 23.2 Å². The molecule has 1 aliphatic rings. The summed E-state index contributed by atoms with van der Waals surface area (Å²) in [5.74, 6) is -0.151. The average Bonchev–Trinajstić information content (AvgIpc) is 3.06. The van der Waals surface area contributed by atoms with Gasteiger partial charge in [-0.3, -0.25) is 9.69 Å². The third kappa shape index (κ3) is 3.25. The molecule has 1 fully saturated rings. The molecule has 2 unspecified atom stereocenters. The van der Waals surface area contributed by atoms with Gasteiger partial charge in [0.25, 0.3) is 0 Å². The summed E-state index contributed by atoms with van der Waals surface area (Å²) in [4.78, 5) is 13.6. The highest BCUT2D eigenvalue weighted by molar-refractivity contribution is 6.42. The number of furan rings is 1. The topological polar surface area (TPSA) is 53.7 Å². The number of likely N-dealkylation sites (tertiary alicyclic amines) is 1. The van der Waals surface area contributed by atoms with Crippen LogP contribution < -0.4 is 0 Å².